The number of carbonyl (C=O) groups excluding carboxylic acids is 1. The molecule has 1 atom stereocenters. The number of aromatic amines is 1. The number of benzene rings is 1. The fourth-order valence-corrected chi connectivity index (χ4v) is 2.21. The highest BCUT2D eigenvalue weighted by Crippen LogP contribution is 2.26. The Morgan fingerprint density at radius 2 is 2.43 bits per heavy atom. The standard InChI is InChI=1S/C14H16N4O3/c1-20-10-5-2-4-9(8-10)13(19)16-14-15-12(17-18-14)11-6-3-7-21-11/h2,4-5,8,11H,3,6-7H2,1H3,(H2,15,16,17,18,19). The molecule has 1 unspecified atom stereocenters. The molecule has 1 aromatic heterocycles. The normalized spacial score (nSPS) is 17.7. The summed E-state index contributed by atoms with van der Waals surface area (Å²) < 4.78 is 10.6. The molecule has 0 radical (unpaired) electrons. The van der Waals surface area contributed by atoms with Gasteiger partial charge in [0, 0.05) is 12.2 Å². The second-order valence-electron chi connectivity index (χ2n) is 4.73. The molecule has 0 bridgehead atoms. The van der Waals surface area contributed by atoms with E-state index in [0.29, 0.717) is 17.1 Å². The van der Waals surface area contributed by atoms with Crippen molar-refractivity contribution in [1.29, 1.82) is 0 Å². The summed E-state index contributed by atoms with van der Waals surface area (Å²) in [6, 6.07) is 6.89. The lowest BCUT2D eigenvalue weighted by Crippen LogP contribution is -2.13. The van der Waals surface area contributed by atoms with E-state index in [0.717, 1.165) is 19.4 Å². The predicted molar refractivity (Wildman–Crippen MR) is 75.3 cm³/mol. The molecule has 2 aromatic rings. The Labute approximate surface area is 121 Å². The average molecular weight is 288 g/mol. The molecule has 2 N–H and O–H groups in total. The van der Waals surface area contributed by atoms with Crippen molar-refractivity contribution >= 4 is 11.9 Å². The second-order valence-corrected chi connectivity index (χ2v) is 4.73. The van der Waals surface area contributed by atoms with Crippen molar-refractivity contribution in [3.05, 3.63) is 35.7 Å². The first-order valence-corrected chi connectivity index (χ1v) is 6.75. The van der Waals surface area contributed by atoms with E-state index in [1.165, 1.54) is 0 Å². The lowest BCUT2D eigenvalue weighted by molar-refractivity contribution is 0.102. The van der Waals surface area contributed by atoms with Gasteiger partial charge in [0.15, 0.2) is 5.82 Å². The quantitative estimate of drug-likeness (QED) is 0.897. The molecule has 2 heterocycles. The molecule has 7 nitrogen and oxygen atoms in total. The van der Waals surface area contributed by atoms with Crippen LogP contribution in [0.1, 0.15) is 35.1 Å². The van der Waals surface area contributed by atoms with Crippen LogP contribution in [0.2, 0.25) is 0 Å². The molecule has 1 aromatic carbocycles. The lowest BCUT2D eigenvalue weighted by atomic mass is 10.2. The van der Waals surface area contributed by atoms with Gasteiger partial charge in [0.2, 0.25) is 5.95 Å². The van der Waals surface area contributed by atoms with Gasteiger partial charge in [-0.3, -0.25) is 15.2 Å². The van der Waals surface area contributed by atoms with Crippen molar-refractivity contribution in [2.24, 2.45) is 0 Å². The van der Waals surface area contributed by atoms with E-state index in [9.17, 15) is 4.79 Å². The van der Waals surface area contributed by atoms with Crippen LogP contribution in [-0.2, 0) is 4.74 Å². The Morgan fingerprint density at radius 3 is 3.19 bits per heavy atom. The smallest absolute Gasteiger partial charge is 0.258 e. The number of H-pyrrole nitrogens is 1. The zero-order valence-electron chi connectivity index (χ0n) is 11.6. The van der Waals surface area contributed by atoms with Crippen molar-refractivity contribution in [3.63, 3.8) is 0 Å². The fraction of sp³-hybridized carbons (Fsp3) is 0.357. The van der Waals surface area contributed by atoms with Crippen LogP contribution in [0, 0.1) is 0 Å². The van der Waals surface area contributed by atoms with Gasteiger partial charge in [0.05, 0.1) is 7.11 Å². The molecule has 0 spiro atoms. The van der Waals surface area contributed by atoms with Crippen molar-refractivity contribution in [3.8, 4) is 5.75 Å². The van der Waals surface area contributed by atoms with Crippen LogP contribution in [-0.4, -0.2) is 34.8 Å². The Kier molecular flexibility index (Phi) is 3.83. The Morgan fingerprint density at radius 1 is 1.52 bits per heavy atom. The summed E-state index contributed by atoms with van der Waals surface area (Å²) in [5.41, 5.74) is 0.484. The molecule has 21 heavy (non-hydrogen) atoms. The van der Waals surface area contributed by atoms with E-state index >= 15 is 0 Å². The monoisotopic (exact) mass is 288 g/mol. The van der Waals surface area contributed by atoms with Gasteiger partial charge >= 0.3 is 0 Å². The minimum atomic E-state index is -0.285. The maximum atomic E-state index is 12.1. The highest BCUT2D eigenvalue weighted by atomic mass is 16.5. The van der Waals surface area contributed by atoms with Gasteiger partial charge in [-0.05, 0) is 31.0 Å². The first-order chi connectivity index (χ1) is 10.3. The molecule has 0 aliphatic carbocycles. The molecule has 0 saturated carbocycles. The van der Waals surface area contributed by atoms with Gasteiger partial charge < -0.3 is 9.47 Å². The number of hydrogen-bond acceptors (Lipinski definition) is 5. The zero-order chi connectivity index (χ0) is 14.7. The van der Waals surface area contributed by atoms with E-state index in [4.69, 9.17) is 9.47 Å². The molecule has 1 aliphatic heterocycles. The highest BCUT2D eigenvalue weighted by Gasteiger charge is 2.21. The molecule has 3 rings (SSSR count). The Hall–Kier alpha value is -2.41. The molecule has 1 aliphatic rings. The number of carbonyl (C=O) groups is 1. The maximum Gasteiger partial charge on any atom is 0.258 e. The van der Waals surface area contributed by atoms with E-state index in [-0.39, 0.29) is 18.0 Å². The van der Waals surface area contributed by atoms with E-state index in [2.05, 4.69) is 20.5 Å². The number of anilines is 1. The van der Waals surface area contributed by atoms with Gasteiger partial charge in [0.1, 0.15) is 11.9 Å². The summed E-state index contributed by atoms with van der Waals surface area (Å²) in [5, 5.41) is 9.44. The topological polar surface area (TPSA) is 89.1 Å². The van der Waals surface area contributed by atoms with Crippen LogP contribution in [0.3, 0.4) is 0 Å². The number of hydrogen-bond donors (Lipinski definition) is 2. The maximum absolute atomic E-state index is 12.1. The first kappa shape index (κ1) is 13.6. The van der Waals surface area contributed by atoms with Crippen LogP contribution in [0.15, 0.2) is 24.3 Å². The van der Waals surface area contributed by atoms with Gasteiger partial charge in [-0.15, -0.1) is 5.10 Å². The molecular weight excluding hydrogens is 272 g/mol. The third-order valence-corrected chi connectivity index (χ3v) is 3.29. The van der Waals surface area contributed by atoms with Crippen LogP contribution in [0.25, 0.3) is 0 Å². The van der Waals surface area contributed by atoms with Crippen molar-refractivity contribution in [2.45, 2.75) is 18.9 Å². The molecule has 1 fully saturated rings. The van der Waals surface area contributed by atoms with Crippen LogP contribution in [0.4, 0.5) is 5.95 Å². The second kappa shape index (κ2) is 5.92. The third kappa shape index (κ3) is 3.03. The first-order valence-electron chi connectivity index (χ1n) is 6.75. The number of nitrogens with zero attached hydrogens (tertiary/aromatic N) is 2. The zero-order valence-corrected chi connectivity index (χ0v) is 11.6. The van der Waals surface area contributed by atoms with Crippen LogP contribution in [0.5, 0.6) is 5.75 Å². The summed E-state index contributed by atoms with van der Waals surface area (Å²) in [6.45, 7) is 0.733. The molecule has 1 saturated heterocycles. The predicted octanol–water partition coefficient (Wildman–Crippen LogP) is 1.92. The lowest BCUT2D eigenvalue weighted by Gasteiger charge is -2.04. The van der Waals surface area contributed by atoms with Gasteiger partial charge in [-0.1, -0.05) is 6.07 Å². The van der Waals surface area contributed by atoms with Crippen LogP contribution >= 0.6 is 0 Å². The van der Waals surface area contributed by atoms with Crippen molar-refractivity contribution < 1.29 is 14.3 Å². The number of nitrogens with one attached hydrogen (secondary N) is 2. The number of methoxy groups -OCH3 is 1. The molecule has 110 valence electrons. The number of ether oxygens (including phenoxy) is 2. The summed E-state index contributed by atoms with van der Waals surface area (Å²) in [5.74, 6) is 1.23. The van der Waals surface area contributed by atoms with E-state index in [1.54, 1.807) is 31.4 Å². The van der Waals surface area contributed by atoms with E-state index < -0.39 is 0 Å². The average Bonchev–Trinajstić information content (AvgIpc) is 3.18. The van der Waals surface area contributed by atoms with Crippen molar-refractivity contribution in [1.82, 2.24) is 15.2 Å². The summed E-state index contributed by atoms with van der Waals surface area (Å²) in [6.07, 6.45) is 1.87. The SMILES string of the molecule is COc1cccc(C(=O)Nc2n[nH]c(C3CCCO3)n2)c1. The third-order valence-electron chi connectivity index (χ3n) is 3.29. The van der Waals surface area contributed by atoms with Crippen LogP contribution < -0.4 is 10.1 Å². The van der Waals surface area contributed by atoms with Crippen molar-refractivity contribution in [2.75, 3.05) is 19.0 Å². The summed E-state index contributed by atoms with van der Waals surface area (Å²) in [4.78, 5) is 16.4. The molecular formula is C14H16N4O3. The van der Waals surface area contributed by atoms with Gasteiger partial charge in [0.25, 0.3) is 5.91 Å². The molecule has 1 amide bonds. The highest BCUT2D eigenvalue weighted by molar-refractivity contribution is 6.03. The van der Waals surface area contributed by atoms with E-state index in [1.807, 2.05) is 0 Å². The number of aromatic nitrogens is 3. The Bertz CT molecular complexity index is 635. The summed E-state index contributed by atoms with van der Waals surface area (Å²) >= 11 is 0. The molecule has 7 heteroatoms. The minimum absolute atomic E-state index is 0.0556. The fourth-order valence-electron chi connectivity index (χ4n) is 2.21. The minimum Gasteiger partial charge on any atom is -0.497 e. The number of amides is 1. The Balaban J connectivity index is 1.69. The van der Waals surface area contributed by atoms with Gasteiger partial charge in [-0.2, -0.15) is 4.98 Å². The summed E-state index contributed by atoms with van der Waals surface area (Å²) in [7, 11) is 1.56. The largest absolute Gasteiger partial charge is 0.497 e. The van der Waals surface area contributed by atoms with Gasteiger partial charge in [-0.25, -0.2) is 0 Å². The number of rotatable bonds is 4.